The summed E-state index contributed by atoms with van der Waals surface area (Å²) >= 11 is 1.39. The zero-order valence-electron chi connectivity index (χ0n) is 11.6. The lowest BCUT2D eigenvalue weighted by Gasteiger charge is -2.05. The minimum absolute atomic E-state index is 0. The van der Waals surface area contributed by atoms with Crippen LogP contribution in [0.15, 0.2) is 36.4 Å². The third kappa shape index (κ3) is 5.12. The molecule has 0 saturated carbocycles. The number of rotatable bonds is 5. The highest BCUT2D eigenvalue weighted by atomic mass is 35.5. The van der Waals surface area contributed by atoms with Crippen molar-refractivity contribution in [3.8, 4) is 10.4 Å². The van der Waals surface area contributed by atoms with Crippen molar-refractivity contribution in [3.63, 3.8) is 0 Å². The van der Waals surface area contributed by atoms with Crippen molar-refractivity contribution in [2.45, 2.75) is 19.4 Å². The molecule has 0 saturated heterocycles. The predicted octanol–water partition coefficient (Wildman–Crippen LogP) is 3.44. The molecule has 1 aromatic heterocycles. The molecule has 0 bridgehead atoms. The molecule has 1 amide bonds. The number of carbonyl (C=O) groups is 1. The summed E-state index contributed by atoms with van der Waals surface area (Å²) < 4.78 is 12.9. The van der Waals surface area contributed by atoms with Gasteiger partial charge in [0.05, 0.1) is 4.88 Å². The Morgan fingerprint density at radius 1 is 1.29 bits per heavy atom. The average molecular weight is 329 g/mol. The molecule has 6 heteroatoms. The van der Waals surface area contributed by atoms with Gasteiger partial charge >= 0.3 is 0 Å². The second kappa shape index (κ2) is 8.12. The van der Waals surface area contributed by atoms with Gasteiger partial charge in [-0.15, -0.1) is 23.7 Å². The molecule has 2 rings (SSSR count). The second-order valence-corrected chi connectivity index (χ2v) is 5.78. The highest BCUT2D eigenvalue weighted by Crippen LogP contribution is 2.28. The Balaban J connectivity index is 0.00000220. The van der Waals surface area contributed by atoms with Crippen LogP contribution in [0.3, 0.4) is 0 Å². The normalized spacial score (nSPS) is 11.6. The molecule has 114 valence electrons. The summed E-state index contributed by atoms with van der Waals surface area (Å²) in [6, 6.07) is 9.98. The van der Waals surface area contributed by atoms with Crippen molar-refractivity contribution in [2.75, 3.05) is 6.54 Å². The van der Waals surface area contributed by atoms with Crippen LogP contribution < -0.4 is 11.1 Å². The van der Waals surface area contributed by atoms with E-state index in [1.165, 1.54) is 23.5 Å². The van der Waals surface area contributed by atoms with Crippen LogP contribution in [-0.2, 0) is 0 Å². The fraction of sp³-hybridized carbons (Fsp3) is 0.267. The summed E-state index contributed by atoms with van der Waals surface area (Å²) in [7, 11) is 0. The van der Waals surface area contributed by atoms with E-state index in [9.17, 15) is 9.18 Å². The van der Waals surface area contributed by atoms with Gasteiger partial charge in [0.1, 0.15) is 5.82 Å². The van der Waals surface area contributed by atoms with Gasteiger partial charge in [0.25, 0.3) is 5.91 Å². The van der Waals surface area contributed by atoms with E-state index in [0.29, 0.717) is 11.4 Å². The van der Waals surface area contributed by atoms with Gasteiger partial charge in [-0.2, -0.15) is 0 Å². The number of amides is 1. The van der Waals surface area contributed by atoms with E-state index in [1.807, 2.05) is 13.0 Å². The lowest BCUT2D eigenvalue weighted by atomic mass is 10.2. The maximum atomic E-state index is 12.9. The zero-order chi connectivity index (χ0) is 14.5. The standard InChI is InChI=1S/C15H17FN2OS.ClH/c1-10(17)8-9-18-15(19)14-7-6-13(20-14)11-2-4-12(16)5-3-11;/h2-7,10H,8-9,17H2,1H3,(H,18,19);1H. The number of nitrogens with two attached hydrogens (primary N) is 1. The van der Waals surface area contributed by atoms with E-state index in [2.05, 4.69) is 5.32 Å². The van der Waals surface area contributed by atoms with Crippen LogP contribution in [0.1, 0.15) is 23.0 Å². The van der Waals surface area contributed by atoms with Crippen LogP contribution in [-0.4, -0.2) is 18.5 Å². The minimum atomic E-state index is -0.265. The average Bonchev–Trinajstić information content (AvgIpc) is 2.88. The van der Waals surface area contributed by atoms with Crippen LogP contribution >= 0.6 is 23.7 Å². The summed E-state index contributed by atoms with van der Waals surface area (Å²) in [5.41, 5.74) is 6.54. The van der Waals surface area contributed by atoms with Crippen LogP contribution in [0, 0.1) is 5.82 Å². The molecular weight excluding hydrogens is 311 g/mol. The van der Waals surface area contributed by atoms with E-state index in [0.717, 1.165) is 16.9 Å². The number of halogens is 2. The summed E-state index contributed by atoms with van der Waals surface area (Å²) in [6.45, 7) is 2.48. The topological polar surface area (TPSA) is 55.1 Å². The fourth-order valence-electron chi connectivity index (χ4n) is 1.73. The molecule has 21 heavy (non-hydrogen) atoms. The number of carbonyl (C=O) groups excluding carboxylic acids is 1. The third-order valence-corrected chi connectivity index (χ3v) is 3.98. The van der Waals surface area contributed by atoms with Gasteiger partial charge in [-0.05, 0) is 43.2 Å². The molecule has 0 fully saturated rings. The molecule has 0 spiro atoms. The van der Waals surface area contributed by atoms with Gasteiger partial charge in [0, 0.05) is 17.5 Å². The van der Waals surface area contributed by atoms with Crippen molar-refractivity contribution in [1.29, 1.82) is 0 Å². The van der Waals surface area contributed by atoms with E-state index >= 15 is 0 Å². The van der Waals surface area contributed by atoms with Crippen molar-refractivity contribution in [2.24, 2.45) is 5.73 Å². The van der Waals surface area contributed by atoms with Gasteiger partial charge in [0.15, 0.2) is 0 Å². The number of nitrogens with one attached hydrogen (secondary N) is 1. The first-order chi connectivity index (χ1) is 9.56. The molecule has 1 atom stereocenters. The van der Waals surface area contributed by atoms with Crippen molar-refractivity contribution >= 4 is 29.7 Å². The Bertz CT molecular complexity index is 584. The van der Waals surface area contributed by atoms with Crippen LogP contribution in [0.25, 0.3) is 10.4 Å². The molecule has 0 aliphatic rings. The van der Waals surface area contributed by atoms with E-state index < -0.39 is 0 Å². The zero-order valence-corrected chi connectivity index (χ0v) is 13.3. The number of benzene rings is 1. The lowest BCUT2D eigenvalue weighted by Crippen LogP contribution is -2.28. The number of hydrogen-bond donors (Lipinski definition) is 2. The second-order valence-electron chi connectivity index (χ2n) is 4.69. The van der Waals surface area contributed by atoms with E-state index in [-0.39, 0.29) is 30.2 Å². The monoisotopic (exact) mass is 328 g/mol. The molecule has 3 N–H and O–H groups in total. The van der Waals surface area contributed by atoms with Crippen LogP contribution in [0.2, 0.25) is 0 Å². The van der Waals surface area contributed by atoms with Crippen LogP contribution in [0.5, 0.6) is 0 Å². The SMILES string of the molecule is CC(N)CCNC(=O)c1ccc(-c2ccc(F)cc2)s1.Cl. The molecule has 1 aromatic carbocycles. The summed E-state index contributed by atoms with van der Waals surface area (Å²) in [5, 5.41) is 2.84. The quantitative estimate of drug-likeness (QED) is 0.883. The van der Waals surface area contributed by atoms with Gasteiger partial charge in [0.2, 0.25) is 0 Å². The fourth-order valence-corrected chi connectivity index (χ4v) is 2.66. The lowest BCUT2D eigenvalue weighted by molar-refractivity contribution is 0.0957. The van der Waals surface area contributed by atoms with E-state index in [4.69, 9.17) is 5.73 Å². The maximum absolute atomic E-state index is 12.9. The Kier molecular flexibility index (Phi) is 6.81. The number of thiophene rings is 1. The van der Waals surface area contributed by atoms with Gasteiger partial charge in [-0.3, -0.25) is 4.79 Å². The summed E-state index contributed by atoms with van der Waals surface area (Å²) in [5.74, 6) is -0.358. The molecule has 2 aromatic rings. The highest BCUT2D eigenvalue weighted by Gasteiger charge is 2.10. The third-order valence-electron chi connectivity index (χ3n) is 2.84. The van der Waals surface area contributed by atoms with E-state index in [1.54, 1.807) is 18.2 Å². The molecule has 1 unspecified atom stereocenters. The van der Waals surface area contributed by atoms with Gasteiger partial charge in [-0.25, -0.2) is 4.39 Å². The Labute approximate surface area is 133 Å². The first kappa shape index (κ1) is 17.6. The Morgan fingerprint density at radius 3 is 2.57 bits per heavy atom. The highest BCUT2D eigenvalue weighted by molar-refractivity contribution is 7.17. The largest absolute Gasteiger partial charge is 0.351 e. The molecule has 0 radical (unpaired) electrons. The molecule has 1 heterocycles. The molecular formula is C15H18ClFN2OS. The molecule has 3 nitrogen and oxygen atoms in total. The summed E-state index contributed by atoms with van der Waals surface area (Å²) in [6.07, 6.45) is 0.752. The maximum Gasteiger partial charge on any atom is 0.261 e. The van der Waals surface area contributed by atoms with Crippen molar-refractivity contribution in [3.05, 3.63) is 47.1 Å². The first-order valence-electron chi connectivity index (χ1n) is 6.46. The van der Waals surface area contributed by atoms with Gasteiger partial charge in [-0.1, -0.05) is 12.1 Å². The smallest absolute Gasteiger partial charge is 0.261 e. The predicted molar refractivity (Wildman–Crippen MR) is 87.6 cm³/mol. The summed E-state index contributed by atoms with van der Waals surface area (Å²) in [4.78, 5) is 13.5. The first-order valence-corrected chi connectivity index (χ1v) is 7.27. The Morgan fingerprint density at radius 2 is 1.95 bits per heavy atom. The Hall–Kier alpha value is -1.43. The number of hydrogen-bond acceptors (Lipinski definition) is 3. The molecule has 0 aliphatic carbocycles. The minimum Gasteiger partial charge on any atom is -0.351 e. The van der Waals surface area contributed by atoms with Crippen molar-refractivity contribution < 1.29 is 9.18 Å². The molecule has 0 aliphatic heterocycles. The van der Waals surface area contributed by atoms with Crippen molar-refractivity contribution in [1.82, 2.24) is 5.32 Å². The van der Waals surface area contributed by atoms with Gasteiger partial charge < -0.3 is 11.1 Å². The van der Waals surface area contributed by atoms with Crippen LogP contribution in [0.4, 0.5) is 4.39 Å².